The maximum Gasteiger partial charge on any atom is 0.387 e. The van der Waals surface area contributed by atoms with E-state index in [4.69, 9.17) is 4.74 Å². The second kappa shape index (κ2) is 9.32. The monoisotopic (exact) mass is 506 g/mol. The van der Waals surface area contributed by atoms with Gasteiger partial charge >= 0.3 is 6.61 Å². The molecule has 0 atom stereocenters. The maximum absolute atomic E-state index is 13.3. The van der Waals surface area contributed by atoms with Crippen LogP contribution in [0.3, 0.4) is 0 Å². The molecular weight excluding hydrogens is 478 g/mol. The smallest absolute Gasteiger partial charge is 0.387 e. The molecule has 35 heavy (non-hydrogen) atoms. The van der Waals surface area contributed by atoms with E-state index in [1.54, 1.807) is 40.9 Å². The number of nitrogens with zero attached hydrogens (tertiary/aromatic N) is 6. The first kappa shape index (κ1) is 23.9. The van der Waals surface area contributed by atoms with Crippen LogP contribution in [0.25, 0.3) is 11.0 Å². The molecule has 0 unspecified atom stereocenters. The van der Waals surface area contributed by atoms with Crippen LogP contribution in [0.15, 0.2) is 36.8 Å². The van der Waals surface area contributed by atoms with E-state index >= 15 is 0 Å². The number of imidazole rings is 1. The van der Waals surface area contributed by atoms with E-state index in [1.165, 1.54) is 4.31 Å². The minimum atomic E-state index is -3.48. The molecule has 2 saturated heterocycles. The first-order chi connectivity index (χ1) is 16.7. The molecule has 0 radical (unpaired) electrons. The summed E-state index contributed by atoms with van der Waals surface area (Å²) in [4.78, 5) is 10.4. The molecule has 0 saturated carbocycles. The largest absolute Gasteiger partial charge is 0.433 e. The summed E-state index contributed by atoms with van der Waals surface area (Å²) >= 11 is 0. The molecule has 9 nitrogen and oxygen atoms in total. The number of hydrogen-bond acceptors (Lipinski definition) is 6. The normalized spacial score (nSPS) is 18.2. The van der Waals surface area contributed by atoms with Crippen molar-refractivity contribution in [3.8, 4) is 5.75 Å². The Morgan fingerprint density at radius 2 is 1.83 bits per heavy atom. The molecule has 2 aromatic heterocycles. The van der Waals surface area contributed by atoms with Crippen molar-refractivity contribution in [2.24, 2.45) is 7.05 Å². The minimum absolute atomic E-state index is 0.0178. The van der Waals surface area contributed by atoms with Crippen molar-refractivity contribution in [1.29, 1.82) is 0 Å². The summed E-state index contributed by atoms with van der Waals surface area (Å²) in [5, 5.41) is 0. The highest BCUT2D eigenvalue weighted by atomic mass is 32.2. The van der Waals surface area contributed by atoms with E-state index in [0.29, 0.717) is 37.7 Å². The highest BCUT2D eigenvalue weighted by Crippen LogP contribution is 2.39. The fourth-order valence-electron chi connectivity index (χ4n) is 4.68. The van der Waals surface area contributed by atoms with Crippen molar-refractivity contribution in [2.45, 2.75) is 31.8 Å². The van der Waals surface area contributed by atoms with Crippen LogP contribution in [0.5, 0.6) is 5.75 Å². The average Bonchev–Trinajstić information content (AvgIpc) is 3.18. The lowest BCUT2D eigenvalue weighted by Crippen LogP contribution is -2.54. The lowest BCUT2D eigenvalue weighted by molar-refractivity contribution is -0.0495. The molecule has 2 fully saturated rings. The molecule has 1 aromatic carbocycles. The lowest BCUT2D eigenvalue weighted by Gasteiger charge is -2.42. The van der Waals surface area contributed by atoms with Gasteiger partial charge in [0.15, 0.2) is 0 Å². The van der Waals surface area contributed by atoms with Gasteiger partial charge in [-0.3, -0.25) is 0 Å². The number of fused-ring (bicyclic) bond motifs is 1. The molecule has 0 N–H and O–H groups in total. The number of alkyl halides is 2. The molecule has 0 amide bonds. The topological polar surface area (TPSA) is 83.8 Å². The molecular formula is C23H28F2N6O3S. The molecule has 4 heterocycles. The molecule has 0 aliphatic carbocycles. The van der Waals surface area contributed by atoms with Gasteiger partial charge in [0.25, 0.3) is 10.2 Å². The predicted octanol–water partition coefficient (Wildman–Crippen LogP) is 3.47. The Kier molecular flexibility index (Phi) is 6.36. The van der Waals surface area contributed by atoms with Crippen LogP contribution in [0.1, 0.15) is 30.7 Å². The number of aryl methyl sites for hydroxylation is 1. The van der Waals surface area contributed by atoms with Gasteiger partial charge in [-0.25, -0.2) is 9.97 Å². The summed E-state index contributed by atoms with van der Waals surface area (Å²) in [5.74, 6) is 0.484. The van der Waals surface area contributed by atoms with E-state index in [1.807, 2.05) is 23.7 Å². The van der Waals surface area contributed by atoms with Crippen molar-refractivity contribution in [2.75, 3.05) is 38.1 Å². The van der Waals surface area contributed by atoms with Crippen LogP contribution in [-0.4, -0.2) is 71.4 Å². The van der Waals surface area contributed by atoms with Gasteiger partial charge in [-0.15, -0.1) is 0 Å². The van der Waals surface area contributed by atoms with Gasteiger partial charge in [-0.05, 0) is 30.5 Å². The number of pyridine rings is 1. The van der Waals surface area contributed by atoms with E-state index in [2.05, 4.69) is 9.97 Å². The van der Waals surface area contributed by atoms with Gasteiger partial charge in [-0.1, -0.05) is 12.5 Å². The summed E-state index contributed by atoms with van der Waals surface area (Å²) in [6.45, 7) is -1.26. The Labute approximate surface area is 203 Å². The molecule has 5 rings (SSSR count). The van der Waals surface area contributed by atoms with E-state index in [0.717, 1.165) is 35.9 Å². The Morgan fingerprint density at radius 1 is 1.09 bits per heavy atom. The van der Waals surface area contributed by atoms with E-state index in [9.17, 15) is 17.2 Å². The molecule has 188 valence electrons. The van der Waals surface area contributed by atoms with E-state index in [-0.39, 0.29) is 11.7 Å². The third kappa shape index (κ3) is 4.57. The SMILES string of the molecule is CN(c1cc2c(cn1)ncn2C)c1ccc(C2CN(S(=O)(=O)N3CCCCC3)C2)cc1OC(F)F. The predicted molar refractivity (Wildman–Crippen MR) is 128 cm³/mol. The zero-order chi connectivity index (χ0) is 24.7. The van der Waals surface area contributed by atoms with E-state index < -0.39 is 16.8 Å². The summed E-state index contributed by atoms with van der Waals surface area (Å²) < 4.78 is 62.0. The van der Waals surface area contributed by atoms with Crippen molar-refractivity contribution >= 4 is 32.7 Å². The van der Waals surface area contributed by atoms with Crippen molar-refractivity contribution in [3.63, 3.8) is 0 Å². The van der Waals surface area contributed by atoms with Crippen LogP contribution in [-0.2, 0) is 17.3 Å². The summed E-state index contributed by atoms with van der Waals surface area (Å²) in [5.41, 5.74) is 2.79. The minimum Gasteiger partial charge on any atom is -0.433 e. The number of benzene rings is 1. The van der Waals surface area contributed by atoms with Crippen LogP contribution in [0.2, 0.25) is 0 Å². The fourth-order valence-corrected chi connectivity index (χ4v) is 6.46. The van der Waals surface area contributed by atoms with Crippen molar-refractivity contribution in [3.05, 3.63) is 42.4 Å². The van der Waals surface area contributed by atoms with Crippen LogP contribution in [0, 0.1) is 0 Å². The van der Waals surface area contributed by atoms with Gasteiger partial charge in [0.2, 0.25) is 0 Å². The van der Waals surface area contributed by atoms with Crippen LogP contribution in [0.4, 0.5) is 20.3 Å². The van der Waals surface area contributed by atoms with Crippen molar-refractivity contribution < 1.29 is 21.9 Å². The number of piperidine rings is 1. The zero-order valence-corrected chi connectivity index (χ0v) is 20.5. The summed E-state index contributed by atoms with van der Waals surface area (Å²) in [6, 6.07) is 6.96. The van der Waals surface area contributed by atoms with Crippen LogP contribution < -0.4 is 9.64 Å². The number of halogens is 2. The summed E-state index contributed by atoms with van der Waals surface area (Å²) in [7, 11) is 0.120. The Bertz CT molecular complexity index is 1320. The fraction of sp³-hybridized carbons (Fsp3) is 0.478. The first-order valence-electron chi connectivity index (χ1n) is 11.6. The van der Waals surface area contributed by atoms with Crippen molar-refractivity contribution in [1.82, 2.24) is 23.1 Å². The highest BCUT2D eigenvalue weighted by Gasteiger charge is 2.40. The molecule has 0 bridgehead atoms. The lowest BCUT2D eigenvalue weighted by atomic mass is 9.93. The first-order valence-corrected chi connectivity index (χ1v) is 13.0. The molecule has 2 aliphatic heterocycles. The Balaban J connectivity index is 1.37. The molecule has 2 aliphatic rings. The Hall–Kier alpha value is -2.83. The second-order valence-electron chi connectivity index (χ2n) is 9.03. The second-order valence-corrected chi connectivity index (χ2v) is 11.0. The average molecular weight is 507 g/mol. The molecule has 3 aromatic rings. The molecule has 12 heteroatoms. The van der Waals surface area contributed by atoms with Gasteiger partial charge < -0.3 is 14.2 Å². The zero-order valence-electron chi connectivity index (χ0n) is 19.6. The third-order valence-corrected chi connectivity index (χ3v) is 8.76. The number of anilines is 2. The van der Waals surface area contributed by atoms with Gasteiger partial charge in [0.05, 0.1) is 23.7 Å². The van der Waals surface area contributed by atoms with Gasteiger partial charge in [0, 0.05) is 52.3 Å². The third-order valence-electron chi connectivity index (χ3n) is 6.79. The number of aromatic nitrogens is 3. The Morgan fingerprint density at radius 3 is 2.54 bits per heavy atom. The number of rotatable bonds is 7. The number of hydrogen-bond donors (Lipinski definition) is 0. The standard InChI is InChI=1S/C23H28F2N6O3S/c1-28-15-27-18-12-26-22(11-20(18)28)29(2)19-7-6-16(10-21(19)34-23(24)25)17-13-31(14-17)35(32,33)30-8-4-3-5-9-30/h6-7,10-12,15,17,23H,3-5,8-9,13-14H2,1-2H3. The van der Waals surface area contributed by atoms with Gasteiger partial charge in [-0.2, -0.15) is 25.8 Å². The number of ether oxygens (including phenoxy) is 1. The van der Waals surface area contributed by atoms with Crippen LogP contribution >= 0.6 is 0 Å². The maximum atomic E-state index is 13.3. The van der Waals surface area contributed by atoms with Gasteiger partial charge in [0.1, 0.15) is 17.1 Å². The summed E-state index contributed by atoms with van der Waals surface area (Å²) in [6.07, 6.45) is 6.12. The quantitative estimate of drug-likeness (QED) is 0.488. The molecule has 0 spiro atoms. The highest BCUT2D eigenvalue weighted by molar-refractivity contribution is 7.86.